The van der Waals surface area contributed by atoms with Crippen LogP contribution in [0, 0.1) is 6.92 Å². The summed E-state index contributed by atoms with van der Waals surface area (Å²) in [5.74, 6) is 0.889. The lowest BCUT2D eigenvalue weighted by Crippen LogP contribution is -2.17. The number of methoxy groups -OCH3 is 1. The van der Waals surface area contributed by atoms with Crippen molar-refractivity contribution in [2.24, 2.45) is 7.05 Å². The minimum atomic E-state index is 0.830. The molecule has 22 heavy (non-hydrogen) atoms. The molecule has 0 saturated carbocycles. The van der Waals surface area contributed by atoms with Gasteiger partial charge >= 0.3 is 0 Å². The van der Waals surface area contributed by atoms with Crippen LogP contribution >= 0.6 is 0 Å². The van der Waals surface area contributed by atoms with Gasteiger partial charge < -0.3 is 9.30 Å². The summed E-state index contributed by atoms with van der Waals surface area (Å²) in [6.07, 6.45) is 2.19. The lowest BCUT2D eigenvalue weighted by Gasteiger charge is -2.14. The zero-order valence-corrected chi connectivity index (χ0v) is 13.6. The number of nitrogens with one attached hydrogen (secondary N) is 1. The Labute approximate surface area is 130 Å². The second-order valence-corrected chi connectivity index (χ2v) is 5.86. The largest absolute Gasteiger partial charge is 0.497 e. The first kappa shape index (κ1) is 14.7. The zero-order valence-electron chi connectivity index (χ0n) is 13.6. The maximum atomic E-state index is 5.31. The Morgan fingerprint density at radius 2 is 2.09 bits per heavy atom. The van der Waals surface area contributed by atoms with Crippen molar-refractivity contribution in [1.82, 2.24) is 19.7 Å². The van der Waals surface area contributed by atoms with Gasteiger partial charge in [-0.05, 0) is 37.7 Å². The van der Waals surface area contributed by atoms with E-state index >= 15 is 0 Å². The topological polar surface area (TPSA) is 46.1 Å². The highest BCUT2D eigenvalue weighted by Crippen LogP contribution is 2.26. The fourth-order valence-corrected chi connectivity index (χ4v) is 2.88. The van der Waals surface area contributed by atoms with Crippen LogP contribution in [0.4, 0.5) is 0 Å². The Bertz CT molecular complexity index is 787. The number of aromatic nitrogens is 3. The van der Waals surface area contributed by atoms with E-state index in [0.29, 0.717) is 0 Å². The summed E-state index contributed by atoms with van der Waals surface area (Å²) >= 11 is 0. The SMILES string of the molecule is COc1ccc2c(CN(C)Cc3cc(C)[nH]n3)cn(C)c2c1. The number of hydrogen-bond acceptors (Lipinski definition) is 3. The van der Waals surface area contributed by atoms with E-state index in [1.54, 1.807) is 7.11 Å². The Hall–Kier alpha value is -2.27. The highest BCUT2D eigenvalue weighted by atomic mass is 16.5. The third kappa shape index (κ3) is 2.85. The van der Waals surface area contributed by atoms with Gasteiger partial charge in [0, 0.05) is 43.5 Å². The van der Waals surface area contributed by atoms with Gasteiger partial charge in [-0.25, -0.2) is 0 Å². The Kier molecular flexibility index (Phi) is 3.90. The predicted octanol–water partition coefficient (Wildman–Crippen LogP) is 2.85. The third-order valence-corrected chi connectivity index (χ3v) is 3.91. The summed E-state index contributed by atoms with van der Waals surface area (Å²) in [6.45, 7) is 3.74. The quantitative estimate of drug-likeness (QED) is 0.788. The summed E-state index contributed by atoms with van der Waals surface area (Å²) in [5, 5.41) is 8.56. The standard InChI is InChI=1S/C17H22N4O/c1-12-7-14(19-18-12)11-20(2)9-13-10-21(3)17-8-15(22-4)5-6-16(13)17/h5-8,10H,9,11H2,1-4H3,(H,18,19). The van der Waals surface area contributed by atoms with Crippen molar-refractivity contribution in [2.45, 2.75) is 20.0 Å². The lowest BCUT2D eigenvalue weighted by molar-refractivity contribution is 0.316. The van der Waals surface area contributed by atoms with E-state index in [4.69, 9.17) is 4.74 Å². The molecule has 0 unspecified atom stereocenters. The molecule has 0 atom stereocenters. The van der Waals surface area contributed by atoms with E-state index in [1.165, 1.54) is 16.5 Å². The molecule has 5 nitrogen and oxygen atoms in total. The van der Waals surface area contributed by atoms with Gasteiger partial charge in [-0.15, -0.1) is 0 Å². The molecule has 0 aliphatic heterocycles. The lowest BCUT2D eigenvalue weighted by atomic mass is 10.1. The molecule has 3 aromatic rings. The van der Waals surface area contributed by atoms with E-state index in [0.717, 1.165) is 30.2 Å². The summed E-state index contributed by atoms with van der Waals surface area (Å²) in [6, 6.07) is 8.32. The molecule has 1 aromatic carbocycles. The minimum Gasteiger partial charge on any atom is -0.497 e. The smallest absolute Gasteiger partial charge is 0.120 e. The molecule has 0 aliphatic carbocycles. The number of fused-ring (bicyclic) bond motifs is 1. The average molecular weight is 298 g/mol. The van der Waals surface area contributed by atoms with Gasteiger partial charge in [0.05, 0.1) is 18.3 Å². The zero-order chi connectivity index (χ0) is 15.7. The maximum absolute atomic E-state index is 5.31. The van der Waals surface area contributed by atoms with Crippen LogP contribution in [0.3, 0.4) is 0 Å². The molecular formula is C17H22N4O. The molecule has 2 heterocycles. The second-order valence-electron chi connectivity index (χ2n) is 5.86. The van der Waals surface area contributed by atoms with Crippen LogP contribution < -0.4 is 4.74 Å². The van der Waals surface area contributed by atoms with Crippen LogP contribution in [0.5, 0.6) is 5.75 Å². The third-order valence-electron chi connectivity index (χ3n) is 3.91. The first-order chi connectivity index (χ1) is 10.6. The van der Waals surface area contributed by atoms with Crippen LogP contribution in [0.1, 0.15) is 17.0 Å². The normalized spacial score (nSPS) is 11.5. The fourth-order valence-electron chi connectivity index (χ4n) is 2.88. The molecule has 0 bridgehead atoms. The van der Waals surface area contributed by atoms with Crippen molar-refractivity contribution in [3.63, 3.8) is 0 Å². The molecule has 0 radical (unpaired) electrons. The van der Waals surface area contributed by atoms with Gasteiger partial charge in [0.25, 0.3) is 0 Å². The monoisotopic (exact) mass is 298 g/mol. The van der Waals surface area contributed by atoms with Gasteiger partial charge in [-0.1, -0.05) is 0 Å². The summed E-state index contributed by atoms with van der Waals surface area (Å²) in [7, 11) is 5.89. The van der Waals surface area contributed by atoms with Crippen molar-refractivity contribution in [3.05, 3.63) is 47.4 Å². The molecule has 2 aromatic heterocycles. The molecule has 0 aliphatic rings. The highest BCUT2D eigenvalue weighted by Gasteiger charge is 2.11. The summed E-state index contributed by atoms with van der Waals surface area (Å²) < 4.78 is 7.47. The minimum absolute atomic E-state index is 0.830. The molecule has 3 rings (SSSR count). The highest BCUT2D eigenvalue weighted by molar-refractivity contribution is 5.85. The van der Waals surface area contributed by atoms with Crippen molar-refractivity contribution in [3.8, 4) is 5.75 Å². The fraction of sp³-hybridized carbons (Fsp3) is 0.353. The molecule has 5 heteroatoms. The number of H-pyrrole nitrogens is 1. The molecule has 0 saturated heterocycles. The van der Waals surface area contributed by atoms with E-state index in [1.807, 2.05) is 13.0 Å². The van der Waals surface area contributed by atoms with Gasteiger partial charge in [0.1, 0.15) is 5.75 Å². The van der Waals surface area contributed by atoms with Crippen LogP contribution in [0.2, 0.25) is 0 Å². The number of aromatic amines is 1. The van der Waals surface area contributed by atoms with Gasteiger partial charge in [-0.3, -0.25) is 10.00 Å². The van der Waals surface area contributed by atoms with Crippen LogP contribution in [0.15, 0.2) is 30.5 Å². The molecule has 0 fully saturated rings. The number of ether oxygens (including phenoxy) is 1. The molecular weight excluding hydrogens is 276 g/mol. The van der Waals surface area contributed by atoms with Crippen LogP contribution in [-0.2, 0) is 20.1 Å². The summed E-state index contributed by atoms with van der Waals surface area (Å²) in [5.41, 5.74) is 4.68. The molecule has 0 spiro atoms. The Morgan fingerprint density at radius 1 is 1.27 bits per heavy atom. The average Bonchev–Trinajstić information content (AvgIpc) is 3.03. The maximum Gasteiger partial charge on any atom is 0.120 e. The Balaban J connectivity index is 1.81. The van der Waals surface area contributed by atoms with E-state index in [9.17, 15) is 0 Å². The summed E-state index contributed by atoms with van der Waals surface area (Å²) in [4.78, 5) is 2.27. The van der Waals surface area contributed by atoms with Crippen LogP contribution in [-0.4, -0.2) is 33.8 Å². The number of rotatable bonds is 5. The molecule has 0 amide bonds. The first-order valence-electron chi connectivity index (χ1n) is 7.38. The number of benzene rings is 1. The van der Waals surface area contributed by atoms with E-state index < -0.39 is 0 Å². The van der Waals surface area contributed by atoms with Crippen molar-refractivity contribution >= 4 is 10.9 Å². The van der Waals surface area contributed by atoms with Crippen molar-refractivity contribution in [1.29, 1.82) is 0 Å². The Morgan fingerprint density at radius 3 is 2.77 bits per heavy atom. The van der Waals surface area contributed by atoms with Gasteiger partial charge in [0.2, 0.25) is 0 Å². The van der Waals surface area contributed by atoms with Crippen LogP contribution in [0.25, 0.3) is 10.9 Å². The van der Waals surface area contributed by atoms with E-state index in [-0.39, 0.29) is 0 Å². The van der Waals surface area contributed by atoms with Crippen molar-refractivity contribution < 1.29 is 4.74 Å². The van der Waals surface area contributed by atoms with Gasteiger partial charge in [0.15, 0.2) is 0 Å². The molecule has 1 N–H and O–H groups in total. The van der Waals surface area contributed by atoms with Crippen molar-refractivity contribution in [2.75, 3.05) is 14.2 Å². The number of hydrogen-bond donors (Lipinski definition) is 1. The number of aryl methyl sites for hydroxylation is 2. The molecule has 116 valence electrons. The number of nitrogens with zero attached hydrogens (tertiary/aromatic N) is 3. The second kappa shape index (κ2) is 5.85. The van der Waals surface area contributed by atoms with E-state index in [2.05, 4.69) is 58.2 Å². The first-order valence-corrected chi connectivity index (χ1v) is 7.38. The predicted molar refractivity (Wildman–Crippen MR) is 88.0 cm³/mol. The van der Waals surface area contributed by atoms with Gasteiger partial charge in [-0.2, -0.15) is 5.10 Å².